The Bertz CT molecular complexity index is 1170. The quantitative estimate of drug-likeness (QED) is 0.240. The van der Waals surface area contributed by atoms with Crippen LogP contribution >= 0.6 is 23.4 Å². The number of aryl methyl sites for hydroxylation is 2. The first kappa shape index (κ1) is 27.4. The molecule has 0 bridgehead atoms. The highest BCUT2D eigenvalue weighted by Gasteiger charge is 2.21. The highest BCUT2D eigenvalue weighted by molar-refractivity contribution is 8.04. The number of hydrogen-bond donors (Lipinski definition) is 3. The van der Waals surface area contributed by atoms with Crippen LogP contribution in [-0.4, -0.2) is 77.2 Å². The van der Waals surface area contributed by atoms with Gasteiger partial charge in [-0.15, -0.1) is 0 Å². The van der Waals surface area contributed by atoms with Gasteiger partial charge in [-0.2, -0.15) is 0 Å². The number of carboxylic acids is 1. The summed E-state index contributed by atoms with van der Waals surface area (Å²) in [5.41, 5.74) is 2.50. The van der Waals surface area contributed by atoms with E-state index in [0.29, 0.717) is 59.3 Å². The molecule has 36 heavy (non-hydrogen) atoms. The summed E-state index contributed by atoms with van der Waals surface area (Å²) in [5.74, 6) is 1.22. The van der Waals surface area contributed by atoms with Crippen molar-refractivity contribution in [3.8, 4) is 0 Å². The number of benzene rings is 1. The van der Waals surface area contributed by atoms with Crippen LogP contribution in [0.3, 0.4) is 0 Å². The van der Waals surface area contributed by atoms with Gasteiger partial charge >= 0.3 is 5.97 Å². The topological polar surface area (TPSA) is 123 Å². The number of aliphatic carboxylic acids is 1. The normalized spacial score (nSPS) is 14.4. The molecule has 12 heteroatoms. The first-order valence-electron chi connectivity index (χ1n) is 11.3. The zero-order chi connectivity index (χ0) is 26.2. The van der Waals surface area contributed by atoms with Crippen molar-refractivity contribution in [3.63, 3.8) is 0 Å². The van der Waals surface area contributed by atoms with Crippen LogP contribution in [0.5, 0.6) is 0 Å². The maximum Gasteiger partial charge on any atom is 0.317 e. The van der Waals surface area contributed by atoms with Crippen LogP contribution < -0.4 is 15.5 Å². The summed E-state index contributed by atoms with van der Waals surface area (Å²) in [6, 6.07) is 5.51. The van der Waals surface area contributed by atoms with Crippen molar-refractivity contribution in [1.29, 1.82) is 0 Å². The number of hydrogen-bond acceptors (Lipinski definition) is 9. The van der Waals surface area contributed by atoms with Crippen molar-refractivity contribution in [3.05, 3.63) is 51.3 Å². The van der Waals surface area contributed by atoms with Gasteiger partial charge in [-0.1, -0.05) is 29.4 Å². The van der Waals surface area contributed by atoms with Crippen molar-refractivity contribution >= 4 is 59.3 Å². The van der Waals surface area contributed by atoms with E-state index in [-0.39, 0.29) is 12.5 Å². The van der Waals surface area contributed by atoms with E-state index in [1.165, 1.54) is 18.0 Å². The van der Waals surface area contributed by atoms with Gasteiger partial charge in [0.15, 0.2) is 0 Å². The summed E-state index contributed by atoms with van der Waals surface area (Å²) in [5, 5.41) is 15.6. The molecular formula is C24H30ClN7O3S. The summed E-state index contributed by atoms with van der Waals surface area (Å²) in [6.45, 7) is 11.8. The smallest absolute Gasteiger partial charge is 0.317 e. The van der Waals surface area contributed by atoms with Gasteiger partial charge in [-0.25, -0.2) is 9.97 Å². The molecule has 0 atom stereocenters. The molecule has 0 aliphatic carbocycles. The monoisotopic (exact) mass is 531 g/mol. The molecule has 0 radical (unpaired) electrons. The number of aliphatic imine (C=N–C) groups is 1. The fourth-order valence-electron chi connectivity index (χ4n) is 3.67. The predicted molar refractivity (Wildman–Crippen MR) is 146 cm³/mol. The molecule has 1 aliphatic rings. The summed E-state index contributed by atoms with van der Waals surface area (Å²) >= 11 is 7.56. The van der Waals surface area contributed by atoms with Gasteiger partial charge in [0.25, 0.3) is 5.91 Å². The average Bonchev–Trinajstić information content (AvgIpc) is 2.83. The van der Waals surface area contributed by atoms with Crippen LogP contribution in [0.4, 0.5) is 17.3 Å². The number of carbonyl (C=O) groups is 2. The highest BCUT2D eigenvalue weighted by atomic mass is 35.5. The van der Waals surface area contributed by atoms with E-state index < -0.39 is 5.97 Å². The second-order valence-electron chi connectivity index (χ2n) is 8.28. The van der Waals surface area contributed by atoms with Gasteiger partial charge in [-0.05, 0) is 44.7 Å². The first-order chi connectivity index (χ1) is 17.2. The van der Waals surface area contributed by atoms with Crippen molar-refractivity contribution < 1.29 is 14.7 Å². The molecule has 3 N–H and O–H groups in total. The molecule has 2 heterocycles. The maximum atomic E-state index is 12.9. The van der Waals surface area contributed by atoms with Crippen molar-refractivity contribution in [1.82, 2.24) is 14.9 Å². The van der Waals surface area contributed by atoms with E-state index in [2.05, 4.69) is 37.2 Å². The average molecular weight is 532 g/mol. The SMILES string of the molecule is C=N/C=C(\SCNc1cc(N2CCN(CC(=O)O)CC2)nc(C)n1)C(=O)Nc1c(Cl)ccc(C)c1C. The lowest BCUT2D eigenvalue weighted by Crippen LogP contribution is -2.48. The molecule has 0 spiro atoms. The third-order valence-corrected chi connectivity index (χ3v) is 6.92. The van der Waals surface area contributed by atoms with E-state index >= 15 is 0 Å². The lowest BCUT2D eigenvalue weighted by Gasteiger charge is -2.34. The first-order valence-corrected chi connectivity index (χ1v) is 12.7. The Morgan fingerprint density at radius 2 is 1.94 bits per heavy atom. The fourth-order valence-corrected chi connectivity index (χ4v) is 4.63. The minimum atomic E-state index is -0.823. The number of anilines is 3. The number of aromatic nitrogens is 2. The summed E-state index contributed by atoms with van der Waals surface area (Å²) < 4.78 is 0. The Balaban J connectivity index is 1.61. The molecule has 0 saturated carbocycles. The number of rotatable bonds is 10. The molecule has 1 aliphatic heterocycles. The molecule has 1 saturated heterocycles. The number of carbonyl (C=O) groups excluding carboxylic acids is 1. The van der Waals surface area contributed by atoms with E-state index in [1.807, 2.05) is 37.8 Å². The summed E-state index contributed by atoms with van der Waals surface area (Å²) in [6.07, 6.45) is 1.41. The van der Waals surface area contributed by atoms with E-state index in [1.54, 1.807) is 6.07 Å². The van der Waals surface area contributed by atoms with E-state index in [4.69, 9.17) is 16.7 Å². The second kappa shape index (κ2) is 12.7. The third-order valence-electron chi connectivity index (χ3n) is 5.72. The van der Waals surface area contributed by atoms with Gasteiger partial charge < -0.3 is 20.6 Å². The number of piperazine rings is 1. The number of amides is 1. The van der Waals surface area contributed by atoms with Gasteiger partial charge in [0.05, 0.1) is 28.0 Å². The molecule has 0 unspecified atom stereocenters. The molecule has 2 aromatic rings. The Morgan fingerprint density at radius 3 is 2.61 bits per heavy atom. The summed E-state index contributed by atoms with van der Waals surface area (Å²) in [4.78, 5) is 41.0. The molecule has 10 nitrogen and oxygen atoms in total. The van der Waals surface area contributed by atoms with Crippen LogP contribution in [0.25, 0.3) is 0 Å². The lowest BCUT2D eigenvalue weighted by molar-refractivity contribution is -0.138. The molecule has 192 valence electrons. The van der Waals surface area contributed by atoms with E-state index in [9.17, 15) is 9.59 Å². The van der Waals surface area contributed by atoms with Crippen LogP contribution in [0, 0.1) is 20.8 Å². The van der Waals surface area contributed by atoms with E-state index in [0.717, 1.165) is 16.9 Å². The van der Waals surface area contributed by atoms with Crippen molar-refractivity contribution in [2.45, 2.75) is 20.8 Å². The second-order valence-corrected chi connectivity index (χ2v) is 9.70. The zero-order valence-electron chi connectivity index (χ0n) is 20.5. The molecule has 1 aromatic carbocycles. The van der Waals surface area contributed by atoms with Gasteiger partial charge in [0.2, 0.25) is 0 Å². The number of carboxylic acid groups (broad SMARTS) is 1. The minimum absolute atomic E-state index is 0.0410. The van der Waals surface area contributed by atoms with Gasteiger partial charge in [-0.3, -0.25) is 19.5 Å². The van der Waals surface area contributed by atoms with Crippen LogP contribution in [0.2, 0.25) is 5.02 Å². The molecule has 3 rings (SSSR count). The van der Waals surface area contributed by atoms with Gasteiger partial charge in [0.1, 0.15) is 17.5 Å². The number of thioether (sulfide) groups is 1. The van der Waals surface area contributed by atoms with Crippen molar-refractivity contribution in [2.75, 3.05) is 54.1 Å². The largest absolute Gasteiger partial charge is 0.480 e. The Labute approximate surface area is 219 Å². The number of nitrogens with one attached hydrogen (secondary N) is 2. The molecular weight excluding hydrogens is 502 g/mol. The maximum absolute atomic E-state index is 12.9. The summed E-state index contributed by atoms with van der Waals surface area (Å²) in [7, 11) is 0. The zero-order valence-corrected chi connectivity index (χ0v) is 22.1. The Kier molecular flexibility index (Phi) is 9.68. The van der Waals surface area contributed by atoms with Crippen LogP contribution in [0.1, 0.15) is 17.0 Å². The molecule has 1 aromatic heterocycles. The van der Waals surface area contributed by atoms with Crippen LogP contribution in [-0.2, 0) is 9.59 Å². The third kappa shape index (κ3) is 7.42. The molecule has 1 amide bonds. The van der Waals surface area contributed by atoms with Gasteiger partial charge in [0, 0.05) is 38.4 Å². The van der Waals surface area contributed by atoms with Crippen molar-refractivity contribution in [2.24, 2.45) is 4.99 Å². The minimum Gasteiger partial charge on any atom is -0.480 e. The van der Waals surface area contributed by atoms with Crippen LogP contribution in [0.15, 0.2) is 34.3 Å². The highest BCUT2D eigenvalue weighted by Crippen LogP contribution is 2.29. The predicted octanol–water partition coefficient (Wildman–Crippen LogP) is 3.55. The Morgan fingerprint density at radius 1 is 1.22 bits per heavy atom. The Hall–Kier alpha value is -3.15. The number of halogens is 1. The fraction of sp³-hybridized carbons (Fsp3) is 0.375. The number of nitrogens with zero attached hydrogens (tertiary/aromatic N) is 5. The lowest BCUT2D eigenvalue weighted by atomic mass is 10.1. The molecule has 1 fully saturated rings. The standard InChI is InChI=1S/C24H30ClN7O3S/c1-15-5-6-18(25)23(16(15)2)30-24(35)19(12-26-4)36-14-27-20-11-21(29-17(3)28-20)32-9-7-31(8-10-32)13-22(33)34/h5-6,11-12H,4,7-10,13-14H2,1-3H3,(H,30,35)(H,33,34)(H,27,28,29)/b19-12-.